The van der Waals surface area contributed by atoms with Gasteiger partial charge < -0.3 is 16.0 Å². The number of benzene rings is 1. The number of likely N-dealkylation sites (N-methyl/N-ethyl adjacent to an activating group) is 1. The second-order valence-corrected chi connectivity index (χ2v) is 4.09. The van der Waals surface area contributed by atoms with Crippen molar-refractivity contribution >= 4 is 17.5 Å². The minimum absolute atomic E-state index is 0.0651. The number of anilines is 1. The summed E-state index contributed by atoms with van der Waals surface area (Å²) < 4.78 is 0. The van der Waals surface area contributed by atoms with Gasteiger partial charge in [-0.15, -0.1) is 0 Å². The number of nitrogens with one attached hydrogen (secondary N) is 3. The molecule has 0 radical (unpaired) electrons. The van der Waals surface area contributed by atoms with E-state index >= 15 is 0 Å². The van der Waals surface area contributed by atoms with Crippen LogP contribution in [0.5, 0.6) is 0 Å². The predicted molar refractivity (Wildman–Crippen MR) is 76.2 cm³/mol. The topological polar surface area (TPSA) is 70.2 Å². The highest BCUT2D eigenvalue weighted by atomic mass is 16.2. The number of amides is 2. The van der Waals surface area contributed by atoms with Crippen LogP contribution in [0.4, 0.5) is 5.69 Å². The van der Waals surface area contributed by atoms with Gasteiger partial charge in [0.05, 0.1) is 0 Å². The van der Waals surface area contributed by atoms with E-state index in [1.54, 1.807) is 31.2 Å². The second-order valence-electron chi connectivity index (χ2n) is 4.09. The molecule has 0 bridgehead atoms. The van der Waals surface area contributed by atoms with Gasteiger partial charge in [-0.3, -0.25) is 9.59 Å². The summed E-state index contributed by atoms with van der Waals surface area (Å²) in [6.45, 7) is 6.01. The van der Waals surface area contributed by atoms with E-state index in [9.17, 15) is 9.59 Å². The summed E-state index contributed by atoms with van der Waals surface area (Å²) in [4.78, 5) is 23.2. The maximum absolute atomic E-state index is 11.9. The van der Waals surface area contributed by atoms with Crippen molar-refractivity contribution in [1.82, 2.24) is 10.6 Å². The molecule has 0 fully saturated rings. The molecule has 0 aliphatic rings. The highest BCUT2D eigenvalue weighted by Gasteiger charge is 2.06. The standard InChI is InChI=1S/C14H21N3O2/c1-3-13(18)17-12-7-5-6-11(10-12)14(19)16-9-8-15-4-2/h5-7,10,15H,3-4,8-9H2,1-2H3,(H,16,19)(H,17,18). The molecule has 2 amide bonds. The van der Waals surface area contributed by atoms with Crippen molar-refractivity contribution in [3.05, 3.63) is 29.8 Å². The van der Waals surface area contributed by atoms with Gasteiger partial charge in [0.1, 0.15) is 0 Å². The number of hydrogen-bond donors (Lipinski definition) is 3. The zero-order chi connectivity index (χ0) is 14.1. The zero-order valence-electron chi connectivity index (χ0n) is 11.5. The molecular weight excluding hydrogens is 242 g/mol. The number of rotatable bonds is 7. The quantitative estimate of drug-likeness (QED) is 0.651. The molecular formula is C14H21N3O2. The number of carbonyl (C=O) groups is 2. The molecule has 0 heterocycles. The monoisotopic (exact) mass is 263 g/mol. The fourth-order valence-corrected chi connectivity index (χ4v) is 1.53. The lowest BCUT2D eigenvalue weighted by Crippen LogP contribution is -2.31. The Morgan fingerprint density at radius 1 is 1.16 bits per heavy atom. The molecule has 0 atom stereocenters. The fourth-order valence-electron chi connectivity index (χ4n) is 1.53. The zero-order valence-corrected chi connectivity index (χ0v) is 11.5. The van der Waals surface area contributed by atoms with Crippen molar-refractivity contribution in [3.8, 4) is 0 Å². The van der Waals surface area contributed by atoms with Crippen molar-refractivity contribution in [2.75, 3.05) is 25.0 Å². The van der Waals surface area contributed by atoms with E-state index in [0.29, 0.717) is 24.2 Å². The van der Waals surface area contributed by atoms with Crippen LogP contribution >= 0.6 is 0 Å². The summed E-state index contributed by atoms with van der Waals surface area (Å²) in [5.74, 6) is -0.199. The average molecular weight is 263 g/mol. The minimum Gasteiger partial charge on any atom is -0.351 e. The number of carbonyl (C=O) groups excluding carboxylic acids is 2. The average Bonchev–Trinajstić information content (AvgIpc) is 2.43. The van der Waals surface area contributed by atoms with E-state index in [1.807, 2.05) is 6.92 Å². The van der Waals surface area contributed by atoms with Crippen LogP contribution in [0.2, 0.25) is 0 Å². The molecule has 0 aliphatic heterocycles. The van der Waals surface area contributed by atoms with Gasteiger partial charge in [0, 0.05) is 30.8 Å². The molecule has 0 spiro atoms. The lowest BCUT2D eigenvalue weighted by atomic mass is 10.2. The first-order valence-electron chi connectivity index (χ1n) is 6.56. The summed E-state index contributed by atoms with van der Waals surface area (Å²) in [5, 5.41) is 8.67. The van der Waals surface area contributed by atoms with Crippen LogP contribution in [-0.4, -0.2) is 31.4 Å². The van der Waals surface area contributed by atoms with Crippen LogP contribution in [0.3, 0.4) is 0 Å². The Kier molecular flexibility index (Phi) is 6.60. The molecule has 0 saturated carbocycles. The molecule has 0 saturated heterocycles. The molecule has 104 valence electrons. The van der Waals surface area contributed by atoms with Crippen LogP contribution in [0.25, 0.3) is 0 Å². The summed E-state index contributed by atoms with van der Waals surface area (Å²) in [6, 6.07) is 6.92. The fraction of sp³-hybridized carbons (Fsp3) is 0.429. The van der Waals surface area contributed by atoms with Crippen molar-refractivity contribution in [3.63, 3.8) is 0 Å². The highest BCUT2D eigenvalue weighted by molar-refractivity contribution is 5.97. The molecule has 0 aromatic heterocycles. The van der Waals surface area contributed by atoms with Gasteiger partial charge in [-0.05, 0) is 24.7 Å². The molecule has 1 aromatic carbocycles. The van der Waals surface area contributed by atoms with Crippen LogP contribution in [-0.2, 0) is 4.79 Å². The SMILES string of the molecule is CCNCCNC(=O)c1cccc(NC(=O)CC)c1. The Hall–Kier alpha value is -1.88. The van der Waals surface area contributed by atoms with Crippen LogP contribution < -0.4 is 16.0 Å². The van der Waals surface area contributed by atoms with Crippen LogP contribution in [0, 0.1) is 0 Å². The molecule has 1 aromatic rings. The highest BCUT2D eigenvalue weighted by Crippen LogP contribution is 2.10. The Morgan fingerprint density at radius 2 is 1.95 bits per heavy atom. The Labute approximate surface area is 113 Å². The van der Waals surface area contributed by atoms with Gasteiger partial charge in [-0.2, -0.15) is 0 Å². The van der Waals surface area contributed by atoms with Crippen molar-refractivity contribution < 1.29 is 9.59 Å². The van der Waals surface area contributed by atoms with Gasteiger partial charge in [0.15, 0.2) is 0 Å². The first kappa shape index (κ1) is 15.2. The first-order valence-corrected chi connectivity index (χ1v) is 6.56. The molecule has 3 N–H and O–H groups in total. The third kappa shape index (κ3) is 5.52. The predicted octanol–water partition coefficient (Wildman–Crippen LogP) is 1.37. The van der Waals surface area contributed by atoms with Gasteiger partial charge in [-0.1, -0.05) is 19.9 Å². The molecule has 19 heavy (non-hydrogen) atoms. The summed E-state index contributed by atoms with van der Waals surface area (Å²) in [5.41, 5.74) is 1.19. The molecule has 1 rings (SSSR count). The Bertz CT molecular complexity index is 432. The molecule has 5 nitrogen and oxygen atoms in total. The third-order valence-corrected chi connectivity index (χ3v) is 2.57. The van der Waals surface area contributed by atoms with Gasteiger partial charge >= 0.3 is 0 Å². The summed E-state index contributed by atoms with van der Waals surface area (Å²) in [6.07, 6.45) is 0.416. The molecule has 0 aliphatic carbocycles. The van der Waals surface area contributed by atoms with E-state index in [0.717, 1.165) is 13.1 Å². The van der Waals surface area contributed by atoms with Crippen molar-refractivity contribution in [2.45, 2.75) is 20.3 Å². The molecule has 5 heteroatoms. The van der Waals surface area contributed by atoms with E-state index in [1.165, 1.54) is 0 Å². The van der Waals surface area contributed by atoms with E-state index < -0.39 is 0 Å². The van der Waals surface area contributed by atoms with Crippen molar-refractivity contribution in [2.24, 2.45) is 0 Å². The first-order chi connectivity index (χ1) is 9.17. The van der Waals surface area contributed by atoms with Crippen molar-refractivity contribution in [1.29, 1.82) is 0 Å². The lowest BCUT2D eigenvalue weighted by Gasteiger charge is -2.08. The summed E-state index contributed by atoms with van der Waals surface area (Å²) in [7, 11) is 0. The van der Waals surface area contributed by atoms with E-state index in [2.05, 4.69) is 16.0 Å². The van der Waals surface area contributed by atoms with Gasteiger partial charge in [-0.25, -0.2) is 0 Å². The molecule has 0 unspecified atom stereocenters. The van der Waals surface area contributed by atoms with Crippen LogP contribution in [0.15, 0.2) is 24.3 Å². The third-order valence-electron chi connectivity index (χ3n) is 2.57. The maximum atomic E-state index is 11.9. The normalized spacial score (nSPS) is 10.0. The van der Waals surface area contributed by atoms with Gasteiger partial charge in [0.2, 0.25) is 5.91 Å². The van der Waals surface area contributed by atoms with E-state index in [4.69, 9.17) is 0 Å². The van der Waals surface area contributed by atoms with E-state index in [-0.39, 0.29) is 11.8 Å². The lowest BCUT2D eigenvalue weighted by molar-refractivity contribution is -0.115. The second kappa shape index (κ2) is 8.26. The Morgan fingerprint density at radius 3 is 2.63 bits per heavy atom. The van der Waals surface area contributed by atoms with Gasteiger partial charge in [0.25, 0.3) is 5.91 Å². The Balaban J connectivity index is 2.55. The van der Waals surface area contributed by atoms with Crippen LogP contribution in [0.1, 0.15) is 30.6 Å². The maximum Gasteiger partial charge on any atom is 0.251 e. The smallest absolute Gasteiger partial charge is 0.251 e. The summed E-state index contributed by atoms with van der Waals surface area (Å²) >= 11 is 0. The minimum atomic E-state index is -0.134. The number of hydrogen-bond acceptors (Lipinski definition) is 3. The largest absolute Gasteiger partial charge is 0.351 e.